The Bertz CT molecular complexity index is 504. The summed E-state index contributed by atoms with van der Waals surface area (Å²) in [5.74, 6) is 0.0605. The highest BCUT2D eigenvalue weighted by Crippen LogP contribution is 2.30. The molecule has 21 heavy (non-hydrogen) atoms. The van der Waals surface area contributed by atoms with Gasteiger partial charge in [-0.1, -0.05) is 17.7 Å². The highest BCUT2D eigenvalue weighted by Gasteiger charge is 2.19. The van der Waals surface area contributed by atoms with Crippen molar-refractivity contribution in [3.8, 4) is 0 Å². The number of piperazine rings is 1. The van der Waals surface area contributed by atoms with Crippen LogP contribution in [0, 0.1) is 0 Å². The fourth-order valence-electron chi connectivity index (χ4n) is 2.70. The average Bonchev–Trinajstić information content (AvgIpc) is 2.76. The lowest BCUT2D eigenvalue weighted by atomic mass is 10.1. The molecule has 1 amide bonds. The number of halogens is 3. The van der Waals surface area contributed by atoms with E-state index in [0.717, 1.165) is 61.0 Å². The van der Waals surface area contributed by atoms with Crippen LogP contribution >= 0.6 is 36.4 Å². The van der Waals surface area contributed by atoms with Gasteiger partial charge in [0.2, 0.25) is 5.91 Å². The summed E-state index contributed by atoms with van der Waals surface area (Å²) in [4.78, 5) is 13.8. The van der Waals surface area contributed by atoms with Crippen LogP contribution in [-0.4, -0.2) is 43.5 Å². The van der Waals surface area contributed by atoms with Gasteiger partial charge in [0.1, 0.15) is 0 Å². The van der Waals surface area contributed by atoms with E-state index in [0.29, 0.717) is 6.42 Å². The largest absolute Gasteiger partial charge is 0.325 e. The van der Waals surface area contributed by atoms with Crippen LogP contribution in [0.4, 0.5) is 5.69 Å². The van der Waals surface area contributed by atoms with Crippen LogP contribution in [0.2, 0.25) is 5.02 Å². The molecule has 118 valence electrons. The number of carbonyl (C=O) groups is 1. The number of amides is 1. The van der Waals surface area contributed by atoms with Gasteiger partial charge < -0.3 is 15.5 Å². The third kappa shape index (κ3) is 4.47. The van der Waals surface area contributed by atoms with Crippen LogP contribution < -0.4 is 10.6 Å². The summed E-state index contributed by atoms with van der Waals surface area (Å²) >= 11 is 6.29. The standard InChI is InChI=1S/C14H18ClN3O.2ClH/c15-12-9-13-11(8-14(19)17-13)7-10(12)1-4-18-5-2-16-3-6-18;;/h7,9,16H,1-6,8H2,(H,17,19);2*1H. The molecule has 1 aromatic carbocycles. The summed E-state index contributed by atoms with van der Waals surface area (Å²) in [6, 6.07) is 3.96. The smallest absolute Gasteiger partial charge is 0.228 e. The van der Waals surface area contributed by atoms with Gasteiger partial charge in [0.15, 0.2) is 0 Å². The summed E-state index contributed by atoms with van der Waals surface area (Å²) < 4.78 is 0. The summed E-state index contributed by atoms with van der Waals surface area (Å²) in [5.41, 5.74) is 3.10. The number of nitrogens with one attached hydrogen (secondary N) is 2. The van der Waals surface area contributed by atoms with Gasteiger partial charge in [-0.25, -0.2) is 0 Å². The second kappa shape index (κ2) is 8.20. The monoisotopic (exact) mass is 351 g/mol. The maximum atomic E-state index is 11.4. The van der Waals surface area contributed by atoms with E-state index in [9.17, 15) is 4.79 Å². The van der Waals surface area contributed by atoms with Crippen molar-refractivity contribution in [1.29, 1.82) is 0 Å². The van der Waals surface area contributed by atoms with E-state index in [1.807, 2.05) is 6.07 Å². The zero-order valence-corrected chi connectivity index (χ0v) is 14.0. The Balaban J connectivity index is 0.00000110. The van der Waals surface area contributed by atoms with Crippen LogP contribution in [-0.2, 0) is 17.6 Å². The molecule has 0 saturated carbocycles. The van der Waals surface area contributed by atoms with Crippen LogP contribution in [0.5, 0.6) is 0 Å². The molecule has 1 saturated heterocycles. The number of fused-ring (bicyclic) bond motifs is 1. The Kier molecular flexibility index (Phi) is 7.24. The lowest BCUT2D eigenvalue weighted by molar-refractivity contribution is -0.115. The first-order chi connectivity index (χ1) is 9.22. The third-order valence-electron chi connectivity index (χ3n) is 3.80. The predicted molar refractivity (Wildman–Crippen MR) is 91.3 cm³/mol. The van der Waals surface area contributed by atoms with Crippen molar-refractivity contribution in [3.63, 3.8) is 0 Å². The molecular formula is C14H20Cl3N3O. The van der Waals surface area contributed by atoms with Crippen molar-refractivity contribution >= 4 is 48.0 Å². The lowest BCUT2D eigenvalue weighted by Crippen LogP contribution is -2.44. The molecule has 1 aromatic rings. The summed E-state index contributed by atoms with van der Waals surface area (Å²) in [6.45, 7) is 5.36. The van der Waals surface area contributed by atoms with E-state index in [-0.39, 0.29) is 30.7 Å². The zero-order valence-electron chi connectivity index (χ0n) is 11.7. The molecule has 2 aliphatic rings. The van der Waals surface area contributed by atoms with Crippen molar-refractivity contribution in [3.05, 3.63) is 28.3 Å². The maximum Gasteiger partial charge on any atom is 0.228 e. The second-order valence-corrected chi connectivity index (χ2v) is 5.57. The Labute approximate surface area is 142 Å². The number of hydrogen-bond donors (Lipinski definition) is 2. The van der Waals surface area contributed by atoms with E-state index >= 15 is 0 Å². The van der Waals surface area contributed by atoms with Crippen molar-refractivity contribution in [1.82, 2.24) is 10.2 Å². The molecule has 2 N–H and O–H groups in total. The molecule has 0 bridgehead atoms. The molecule has 2 heterocycles. The topological polar surface area (TPSA) is 44.4 Å². The average molecular weight is 353 g/mol. The number of nitrogens with zero attached hydrogens (tertiary/aromatic N) is 1. The number of anilines is 1. The van der Waals surface area contributed by atoms with Crippen LogP contribution in [0.25, 0.3) is 0 Å². The second-order valence-electron chi connectivity index (χ2n) is 5.17. The van der Waals surface area contributed by atoms with E-state index < -0.39 is 0 Å². The molecule has 0 aliphatic carbocycles. The van der Waals surface area contributed by atoms with Crippen molar-refractivity contribution in [2.24, 2.45) is 0 Å². The van der Waals surface area contributed by atoms with Crippen LogP contribution in [0.1, 0.15) is 11.1 Å². The van der Waals surface area contributed by atoms with Crippen molar-refractivity contribution in [2.75, 3.05) is 38.0 Å². The number of carbonyl (C=O) groups excluding carboxylic acids is 1. The minimum Gasteiger partial charge on any atom is -0.325 e. The Morgan fingerprint density at radius 2 is 1.90 bits per heavy atom. The molecule has 4 nitrogen and oxygen atoms in total. The fourth-order valence-corrected chi connectivity index (χ4v) is 2.96. The van der Waals surface area contributed by atoms with Crippen molar-refractivity contribution in [2.45, 2.75) is 12.8 Å². The Hall–Kier alpha value is -0.520. The van der Waals surface area contributed by atoms with Crippen LogP contribution in [0.3, 0.4) is 0 Å². The first-order valence-corrected chi connectivity index (χ1v) is 7.14. The summed E-state index contributed by atoms with van der Waals surface area (Å²) in [7, 11) is 0. The molecule has 0 aromatic heterocycles. The maximum absolute atomic E-state index is 11.4. The van der Waals surface area contributed by atoms with Gasteiger partial charge >= 0.3 is 0 Å². The first kappa shape index (κ1) is 18.5. The van der Waals surface area contributed by atoms with Gasteiger partial charge in [-0.3, -0.25) is 4.79 Å². The number of rotatable bonds is 3. The van der Waals surface area contributed by atoms with Crippen molar-refractivity contribution < 1.29 is 4.79 Å². The molecule has 1 fully saturated rings. The molecule has 3 rings (SSSR count). The van der Waals surface area contributed by atoms with Gasteiger partial charge in [0, 0.05) is 43.4 Å². The quantitative estimate of drug-likeness (QED) is 0.876. The van der Waals surface area contributed by atoms with E-state index in [4.69, 9.17) is 11.6 Å². The first-order valence-electron chi connectivity index (χ1n) is 6.76. The summed E-state index contributed by atoms with van der Waals surface area (Å²) in [6.07, 6.45) is 1.42. The van der Waals surface area contributed by atoms with Gasteiger partial charge in [-0.2, -0.15) is 0 Å². The zero-order chi connectivity index (χ0) is 13.2. The Morgan fingerprint density at radius 3 is 2.62 bits per heavy atom. The van der Waals surface area contributed by atoms with Gasteiger partial charge in [-0.05, 0) is 23.6 Å². The SMILES string of the molecule is Cl.Cl.O=C1Cc2cc(CCN3CCNCC3)c(Cl)cc2N1. The van der Waals surface area contributed by atoms with Crippen LogP contribution in [0.15, 0.2) is 12.1 Å². The molecule has 0 atom stereocenters. The molecule has 0 spiro atoms. The Morgan fingerprint density at radius 1 is 1.19 bits per heavy atom. The lowest BCUT2D eigenvalue weighted by Gasteiger charge is -2.27. The molecule has 0 radical (unpaired) electrons. The normalized spacial score (nSPS) is 17.5. The fraction of sp³-hybridized carbons (Fsp3) is 0.500. The molecular weight excluding hydrogens is 333 g/mol. The molecule has 7 heteroatoms. The highest BCUT2D eigenvalue weighted by atomic mass is 35.5. The van der Waals surface area contributed by atoms with E-state index in [1.54, 1.807) is 0 Å². The number of benzene rings is 1. The van der Waals surface area contributed by atoms with E-state index in [2.05, 4.69) is 21.6 Å². The third-order valence-corrected chi connectivity index (χ3v) is 4.16. The predicted octanol–water partition coefficient (Wildman–Crippen LogP) is 2.13. The minimum atomic E-state index is 0. The molecule has 0 unspecified atom stereocenters. The van der Waals surface area contributed by atoms with E-state index in [1.165, 1.54) is 0 Å². The molecule has 2 aliphatic heterocycles. The number of hydrogen-bond acceptors (Lipinski definition) is 3. The van der Waals surface area contributed by atoms with Gasteiger partial charge in [-0.15, -0.1) is 24.8 Å². The highest BCUT2D eigenvalue weighted by molar-refractivity contribution is 6.31. The minimum absolute atomic E-state index is 0. The van der Waals surface area contributed by atoms with Gasteiger partial charge in [0.05, 0.1) is 6.42 Å². The summed E-state index contributed by atoms with van der Waals surface area (Å²) in [5, 5.41) is 6.94. The van der Waals surface area contributed by atoms with Gasteiger partial charge in [0.25, 0.3) is 0 Å².